The first-order valence-electron chi connectivity index (χ1n) is 4.85. The topological polar surface area (TPSA) is 39.2 Å². The summed E-state index contributed by atoms with van der Waals surface area (Å²) in [5, 5.41) is 0. The van der Waals surface area contributed by atoms with Crippen LogP contribution in [0.3, 0.4) is 0 Å². The minimum atomic E-state index is -0.385. The molecule has 0 saturated heterocycles. The molecule has 0 aliphatic heterocycles. The van der Waals surface area contributed by atoms with Crippen molar-refractivity contribution in [2.24, 2.45) is 5.73 Å². The van der Waals surface area contributed by atoms with Gasteiger partial charge in [-0.15, -0.1) is 0 Å². The molecular weight excluding hydrogens is 273 g/mol. The van der Waals surface area contributed by atoms with E-state index in [4.69, 9.17) is 10.2 Å². The smallest absolute Gasteiger partial charge is 0.125 e. The summed E-state index contributed by atoms with van der Waals surface area (Å²) >= 11 is 3.29. The summed E-state index contributed by atoms with van der Waals surface area (Å²) in [5.74, 6) is 1.19. The Morgan fingerprint density at radius 1 is 1.31 bits per heavy atom. The lowest BCUT2D eigenvalue weighted by Crippen LogP contribution is -2.11. The molecule has 0 bridgehead atoms. The second-order valence-electron chi connectivity index (χ2n) is 3.59. The molecule has 4 heteroatoms. The molecule has 0 spiro atoms. The maximum Gasteiger partial charge on any atom is 0.125 e. The number of rotatable bonds is 2. The van der Waals surface area contributed by atoms with Gasteiger partial charge in [0.1, 0.15) is 17.3 Å². The molecule has 0 saturated carbocycles. The fourth-order valence-corrected chi connectivity index (χ4v) is 2.13. The fourth-order valence-electron chi connectivity index (χ4n) is 1.53. The standard InChI is InChI=1S/C12H11BrFNO/c1-7-2-5-11(16-7)12(15)9-4-3-8(14)6-10(9)13/h2-6,12H,15H2,1H3. The summed E-state index contributed by atoms with van der Waals surface area (Å²) in [5.41, 5.74) is 6.84. The summed E-state index contributed by atoms with van der Waals surface area (Å²) in [6.07, 6.45) is 0. The van der Waals surface area contributed by atoms with E-state index < -0.39 is 0 Å². The van der Waals surface area contributed by atoms with Crippen molar-refractivity contribution in [1.29, 1.82) is 0 Å². The van der Waals surface area contributed by atoms with Crippen molar-refractivity contribution in [3.8, 4) is 0 Å². The highest BCUT2D eigenvalue weighted by molar-refractivity contribution is 9.10. The monoisotopic (exact) mass is 283 g/mol. The number of furan rings is 1. The van der Waals surface area contributed by atoms with E-state index in [2.05, 4.69) is 15.9 Å². The zero-order chi connectivity index (χ0) is 11.7. The molecule has 1 aromatic heterocycles. The van der Waals surface area contributed by atoms with Gasteiger partial charge in [0, 0.05) is 4.47 Å². The molecule has 0 aliphatic carbocycles. The predicted molar refractivity (Wildman–Crippen MR) is 63.6 cm³/mol. The van der Waals surface area contributed by atoms with E-state index in [0.717, 1.165) is 11.3 Å². The molecule has 0 aliphatic rings. The SMILES string of the molecule is Cc1ccc(C(N)c2ccc(F)cc2Br)o1. The molecule has 2 nitrogen and oxygen atoms in total. The Morgan fingerprint density at radius 3 is 2.62 bits per heavy atom. The van der Waals surface area contributed by atoms with Crippen LogP contribution in [0.25, 0.3) is 0 Å². The third kappa shape index (κ3) is 2.18. The molecule has 2 N–H and O–H groups in total. The van der Waals surface area contributed by atoms with Gasteiger partial charge in [-0.05, 0) is 36.8 Å². The molecule has 1 aromatic carbocycles. The minimum absolute atomic E-state index is 0.293. The average molecular weight is 284 g/mol. The Morgan fingerprint density at radius 2 is 2.06 bits per heavy atom. The van der Waals surface area contributed by atoms with Crippen LogP contribution in [0.1, 0.15) is 23.1 Å². The minimum Gasteiger partial charge on any atom is -0.464 e. The van der Waals surface area contributed by atoms with Gasteiger partial charge in [-0.1, -0.05) is 22.0 Å². The van der Waals surface area contributed by atoms with Crippen LogP contribution in [-0.4, -0.2) is 0 Å². The van der Waals surface area contributed by atoms with E-state index in [1.807, 2.05) is 19.1 Å². The molecule has 16 heavy (non-hydrogen) atoms. The molecule has 0 amide bonds. The van der Waals surface area contributed by atoms with Gasteiger partial charge in [0.25, 0.3) is 0 Å². The Kier molecular flexibility index (Phi) is 3.12. The third-order valence-corrected chi connectivity index (χ3v) is 3.05. The van der Waals surface area contributed by atoms with Gasteiger partial charge in [0.2, 0.25) is 0 Å². The van der Waals surface area contributed by atoms with Crippen molar-refractivity contribution in [3.05, 3.63) is 57.7 Å². The quantitative estimate of drug-likeness (QED) is 0.916. The summed E-state index contributed by atoms with van der Waals surface area (Å²) in [6.45, 7) is 1.86. The van der Waals surface area contributed by atoms with Crippen molar-refractivity contribution in [1.82, 2.24) is 0 Å². The number of benzene rings is 1. The summed E-state index contributed by atoms with van der Waals surface area (Å²) < 4.78 is 19.0. The van der Waals surface area contributed by atoms with Crippen LogP contribution >= 0.6 is 15.9 Å². The maximum atomic E-state index is 12.9. The van der Waals surface area contributed by atoms with Crippen molar-refractivity contribution >= 4 is 15.9 Å². The van der Waals surface area contributed by atoms with Crippen LogP contribution in [0.2, 0.25) is 0 Å². The zero-order valence-corrected chi connectivity index (χ0v) is 10.3. The Hall–Kier alpha value is -1.13. The second-order valence-corrected chi connectivity index (χ2v) is 4.45. The zero-order valence-electron chi connectivity index (χ0n) is 8.71. The van der Waals surface area contributed by atoms with Crippen LogP contribution < -0.4 is 5.73 Å². The number of nitrogens with two attached hydrogens (primary N) is 1. The summed E-state index contributed by atoms with van der Waals surface area (Å²) in [7, 11) is 0. The molecule has 1 heterocycles. The highest BCUT2D eigenvalue weighted by Crippen LogP contribution is 2.28. The van der Waals surface area contributed by atoms with Crippen molar-refractivity contribution in [2.45, 2.75) is 13.0 Å². The lowest BCUT2D eigenvalue weighted by atomic mass is 10.1. The number of hydrogen-bond donors (Lipinski definition) is 1. The first-order valence-corrected chi connectivity index (χ1v) is 5.64. The Balaban J connectivity index is 2.37. The second kappa shape index (κ2) is 4.39. The van der Waals surface area contributed by atoms with Crippen LogP contribution in [0.15, 0.2) is 39.2 Å². The van der Waals surface area contributed by atoms with Crippen molar-refractivity contribution < 1.29 is 8.81 Å². The van der Waals surface area contributed by atoms with Gasteiger partial charge in [0.15, 0.2) is 0 Å². The highest BCUT2D eigenvalue weighted by Gasteiger charge is 2.15. The third-order valence-electron chi connectivity index (χ3n) is 2.37. The van der Waals surface area contributed by atoms with Gasteiger partial charge in [-0.2, -0.15) is 0 Å². The number of hydrogen-bond acceptors (Lipinski definition) is 2. The fraction of sp³-hybridized carbons (Fsp3) is 0.167. The molecule has 1 unspecified atom stereocenters. The van der Waals surface area contributed by atoms with Gasteiger partial charge in [-0.25, -0.2) is 4.39 Å². The van der Waals surface area contributed by atoms with Gasteiger partial charge in [-0.3, -0.25) is 0 Å². The molecule has 2 aromatic rings. The van der Waals surface area contributed by atoms with Gasteiger partial charge < -0.3 is 10.2 Å². The van der Waals surface area contributed by atoms with Crippen LogP contribution in [0, 0.1) is 12.7 Å². The number of aryl methyl sites for hydroxylation is 1. The molecule has 2 rings (SSSR count). The highest BCUT2D eigenvalue weighted by atomic mass is 79.9. The van der Waals surface area contributed by atoms with Crippen molar-refractivity contribution in [3.63, 3.8) is 0 Å². The maximum absolute atomic E-state index is 12.9. The van der Waals surface area contributed by atoms with E-state index >= 15 is 0 Å². The molecular formula is C12H11BrFNO. The summed E-state index contributed by atoms with van der Waals surface area (Å²) in [4.78, 5) is 0. The van der Waals surface area contributed by atoms with Crippen molar-refractivity contribution in [2.75, 3.05) is 0 Å². The largest absolute Gasteiger partial charge is 0.464 e. The van der Waals surface area contributed by atoms with E-state index in [0.29, 0.717) is 10.2 Å². The van der Waals surface area contributed by atoms with Crippen LogP contribution in [0.5, 0.6) is 0 Å². The summed E-state index contributed by atoms with van der Waals surface area (Å²) in [6, 6.07) is 7.73. The molecule has 0 fully saturated rings. The normalized spacial score (nSPS) is 12.8. The first kappa shape index (κ1) is 11.4. The Bertz CT molecular complexity index is 509. The van der Waals surface area contributed by atoms with E-state index in [9.17, 15) is 4.39 Å². The predicted octanol–water partition coefficient (Wildman–Crippen LogP) is 3.54. The van der Waals surface area contributed by atoms with Gasteiger partial charge in [0.05, 0.1) is 6.04 Å². The van der Waals surface area contributed by atoms with E-state index in [-0.39, 0.29) is 11.9 Å². The first-order chi connectivity index (χ1) is 7.58. The molecule has 84 valence electrons. The van der Waals surface area contributed by atoms with E-state index in [1.54, 1.807) is 6.07 Å². The van der Waals surface area contributed by atoms with Gasteiger partial charge >= 0.3 is 0 Å². The number of halogens is 2. The average Bonchev–Trinajstić information content (AvgIpc) is 2.64. The van der Waals surface area contributed by atoms with Crippen LogP contribution in [0.4, 0.5) is 4.39 Å². The van der Waals surface area contributed by atoms with Crippen LogP contribution in [-0.2, 0) is 0 Å². The molecule has 0 radical (unpaired) electrons. The lowest BCUT2D eigenvalue weighted by Gasteiger charge is -2.11. The Labute approximate surface area is 101 Å². The molecule has 1 atom stereocenters. The van der Waals surface area contributed by atoms with E-state index in [1.165, 1.54) is 12.1 Å². The lowest BCUT2D eigenvalue weighted by molar-refractivity contribution is 0.465.